The molecular formula is C12H15N5OS. The number of aromatic amines is 1. The van der Waals surface area contributed by atoms with Crippen molar-refractivity contribution in [3.05, 3.63) is 45.9 Å². The molecule has 4 N–H and O–H groups in total. The van der Waals surface area contributed by atoms with Crippen LogP contribution in [0.25, 0.3) is 0 Å². The number of H-pyrrole nitrogens is 1. The summed E-state index contributed by atoms with van der Waals surface area (Å²) < 4.78 is 1.59. The Morgan fingerprint density at radius 1 is 1.47 bits per heavy atom. The minimum Gasteiger partial charge on any atom is -0.384 e. The molecule has 0 aliphatic rings. The van der Waals surface area contributed by atoms with Crippen molar-refractivity contribution in [3.63, 3.8) is 0 Å². The van der Waals surface area contributed by atoms with Gasteiger partial charge in [0.15, 0.2) is 5.16 Å². The molecule has 2 aromatic rings. The molecule has 0 aliphatic heterocycles. The first-order chi connectivity index (χ1) is 9.11. The Morgan fingerprint density at radius 2 is 2.16 bits per heavy atom. The average molecular weight is 277 g/mol. The van der Waals surface area contributed by atoms with Gasteiger partial charge >= 0.3 is 5.69 Å². The highest BCUT2D eigenvalue weighted by Crippen LogP contribution is 2.19. The second kappa shape index (κ2) is 5.75. The van der Waals surface area contributed by atoms with E-state index in [0.29, 0.717) is 23.0 Å². The molecule has 19 heavy (non-hydrogen) atoms. The third-order valence-electron chi connectivity index (χ3n) is 2.67. The second-order valence-electron chi connectivity index (χ2n) is 3.95. The number of hydrogen-bond acceptors (Lipinski definition) is 4. The van der Waals surface area contributed by atoms with Crippen molar-refractivity contribution in [2.45, 2.75) is 24.4 Å². The van der Waals surface area contributed by atoms with Gasteiger partial charge in [0.2, 0.25) is 0 Å². The van der Waals surface area contributed by atoms with Gasteiger partial charge in [0.1, 0.15) is 5.84 Å². The Morgan fingerprint density at radius 3 is 2.74 bits per heavy atom. The summed E-state index contributed by atoms with van der Waals surface area (Å²) >= 11 is 1.50. The van der Waals surface area contributed by atoms with Gasteiger partial charge in [-0.05, 0) is 12.5 Å². The van der Waals surface area contributed by atoms with Crippen LogP contribution < -0.4 is 11.4 Å². The van der Waals surface area contributed by atoms with Gasteiger partial charge in [-0.15, -0.1) is 5.10 Å². The molecule has 0 saturated carbocycles. The van der Waals surface area contributed by atoms with Crippen LogP contribution in [-0.4, -0.2) is 20.6 Å². The number of thioether (sulfide) groups is 1. The summed E-state index contributed by atoms with van der Waals surface area (Å²) in [4.78, 5) is 11.4. The van der Waals surface area contributed by atoms with Crippen molar-refractivity contribution in [3.8, 4) is 0 Å². The summed E-state index contributed by atoms with van der Waals surface area (Å²) in [5.74, 6) is 0.772. The minimum atomic E-state index is -0.183. The number of rotatable bonds is 5. The predicted molar refractivity (Wildman–Crippen MR) is 75.5 cm³/mol. The average Bonchev–Trinajstić information content (AvgIpc) is 2.77. The normalized spacial score (nSPS) is 10.6. The third kappa shape index (κ3) is 3.05. The third-order valence-corrected chi connectivity index (χ3v) is 3.72. The summed E-state index contributed by atoms with van der Waals surface area (Å²) in [6.45, 7) is 2.50. The van der Waals surface area contributed by atoms with Gasteiger partial charge in [-0.25, -0.2) is 9.89 Å². The number of nitrogens with zero attached hydrogens (tertiary/aromatic N) is 2. The van der Waals surface area contributed by atoms with Gasteiger partial charge in [0, 0.05) is 17.9 Å². The lowest BCUT2D eigenvalue weighted by Crippen LogP contribution is -2.16. The largest absolute Gasteiger partial charge is 0.384 e. The topological polar surface area (TPSA) is 101 Å². The highest BCUT2D eigenvalue weighted by atomic mass is 32.2. The first kappa shape index (κ1) is 13.4. The Bertz CT molecular complexity index is 628. The summed E-state index contributed by atoms with van der Waals surface area (Å²) in [6.07, 6.45) is 0. The van der Waals surface area contributed by atoms with E-state index < -0.39 is 0 Å². The molecule has 1 aromatic carbocycles. The van der Waals surface area contributed by atoms with Crippen LogP contribution in [0.4, 0.5) is 0 Å². The predicted octanol–water partition coefficient (Wildman–Crippen LogP) is 1.17. The van der Waals surface area contributed by atoms with E-state index in [4.69, 9.17) is 11.1 Å². The van der Waals surface area contributed by atoms with Gasteiger partial charge in [-0.3, -0.25) is 9.98 Å². The number of aromatic nitrogens is 3. The smallest absolute Gasteiger partial charge is 0.343 e. The van der Waals surface area contributed by atoms with E-state index in [1.807, 2.05) is 31.2 Å². The van der Waals surface area contributed by atoms with Crippen LogP contribution in [-0.2, 0) is 12.3 Å². The molecule has 100 valence electrons. The van der Waals surface area contributed by atoms with Crippen molar-refractivity contribution in [2.75, 3.05) is 0 Å². The zero-order valence-electron chi connectivity index (χ0n) is 10.5. The maximum Gasteiger partial charge on any atom is 0.343 e. The molecule has 0 atom stereocenters. The first-order valence-corrected chi connectivity index (χ1v) is 6.81. The Kier molecular flexibility index (Phi) is 4.06. The van der Waals surface area contributed by atoms with Crippen LogP contribution >= 0.6 is 11.8 Å². The van der Waals surface area contributed by atoms with E-state index in [0.717, 1.165) is 5.56 Å². The minimum absolute atomic E-state index is 0.0614. The molecule has 0 saturated heterocycles. The Hall–Kier alpha value is -2.02. The standard InChI is InChI=1S/C12H15N5OS/c1-2-17-11(18)15-16-12(17)19-7-8-3-5-9(6-4-8)10(13)14/h3-6H,2,7H2,1H3,(H3,13,14)(H,15,18). The van der Waals surface area contributed by atoms with Crippen LogP contribution in [0.3, 0.4) is 0 Å². The fourth-order valence-corrected chi connectivity index (χ4v) is 2.59. The SMILES string of the molecule is CCn1c(SCc2ccc(C(=N)N)cc2)n[nH]c1=O. The number of nitrogens with one attached hydrogen (secondary N) is 2. The van der Waals surface area contributed by atoms with Crippen molar-refractivity contribution < 1.29 is 0 Å². The Labute approximate surface area is 114 Å². The lowest BCUT2D eigenvalue weighted by Gasteiger charge is -2.03. The summed E-state index contributed by atoms with van der Waals surface area (Å²) in [6, 6.07) is 7.47. The lowest BCUT2D eigenvalue weighted by atomic mass is 10.1. The molecule has 0 radical (unpaired) electrons. The molecule has 2 rings (SSSR count). The molecule has 7 heteroatoms. The lowest BCUT2D eigenvalue weighted by molar-refractivity contribution is 0.660. The van der Waals surface area contributed by atoms with E-state index >= 15 is 0 Å². The summed E-state index contributed by atoms with van der Waals surface area (Å²) in [5, 5.41) is 14.4. The fraction of sp³-hybridized carbons (Fsp3) is 0.250. The maximum absolute atomic E-state index is 11.4. The number of nitrogens with two attached hydrogens (primary N) is 1. The van der Waals surface area contributed by atoms with Crippen molar-refractivity contribution in [1.29, 1.82) is 5.41 Å². The molecule has 0 spiro atoms. The van der Waals surface area contributed by atoms with Gasteiger partial charge in [-0.2, -0.15) is 0 Å². The van der Waals surface area contributed by atoms with E-state index in [2.05, 4.69) is 10.2 Å². The molecule has 6 nitrogen and oxygen atoms in total. The second-order valence-corrected chi connectivity index (χ2v) is 4.90. The van der Waals surface area contributed by atoms with Gasteiger partial charge in [0.25, 0.3) is 0 Å². The highest BCUT2D eigenvalue weighted by molar-refractivity contribution is 7.98. The van der Waals surface area contributed by atoms with Gasteiger partial charge in [0.05, 0.1) is 0 Å². The van der Waals surface area contributed by atoms with Crippen LogP contribution in [0.1, 0.15) is 18.1 Å². The van der Waals surface area contributed by atoms with Crippen LogP contribution in [0.2, 0.25) is 0 Å². The summed E-state index contributed by atoms with van der Waals surface area (Å²) in [7, 11) is 0. The molecular weight excluding hydrogens is 262 g/mol. The van der Waals surface area contributed by atoms with E-state index in [1.165, 1.54) is 11.8 Å². The molecule has 0 fully saturated rings. The molecule has 0 unspecified atom stereocenters. The monoisotopic (exact) mass is 277 g/mol. The van der Waals surface area contributed by atoms with E-state index in [1.54, 1.807) is 4.57 Å². The quantitative estimate of drug-likeness (QED) is 0.434. The van der Waals surface area contributed by atoms with Crippen molar-refractivity contribution in [1.82, 2.24) is 14.8 Å². The van der Waals surface area contributed by atoms with E-state index in [9.17, 15) is 4.79 Å². The van der Waals surface area contributed by atoms with Crippen LogP contribution in [0.5, 0.6) is 0 Å². The van der Waals surface area contributed by atoms with Crippen LogP contribution in [0.15, 0.2) is 34.2 Å². The van der Waals surface area contributed by atoms with Gasteiger partial charge in [-0.1, -0.05) is 36.0 Å². The van der Waals surface area contributed by atoms with Crippen molar-refractivity contribution >= 4 is 17.6 Å². The maximum atomic E-state index is 11.4. The molecule has 0 aliphatic carbocycles. The zero-order valence-corrected chi connectivity index (χ0v) is 11.3. The molecule has 0 amide bonds. The van der Waals surface area contributed by atoms with Gasteiger partial charge < -0.3 is 5.73 Å². The number of benzene rings is 1. The molecule has 1 aromatic heterocycles. The molecule has 0 bridgehead atoms. The van der Waals surface area contributed by atoms with E-state index in [-0.39, 0.29) is 11.5 Å². The summed E-state index contributed by atoms with van der Waals surface area (Å²) in [5.41, 5.74) is 7.01. The molecule has 1 heterocycles. The highest BCUT2D eigenvalue weighted by Gasteiger charge is 2.07. The Balaban J connectivity index is 2.06. The van der Waals surface area contributed by atoms with Crippen molar-refractivity contribution in [2.24, 2.45) is 5.73 Å². The van der Waals surface area contributed by atoms with Crippen LogP contribution in [0, 0.1) is 5.41 Å². The zero-order chi connectivity index (χ0) is 13.8. The number of nitrogen functional groups attached to an aromatic ring is 1. The number of amidine groups is 1. The first-order valence-electron chi connectivity index (χ1n) is 5.83. The fourth-order valence-electron chi connectivity index (χ4n) is 1.62. The number of hydrogen-bond donors (Lipinski definition) is 3.